The Morgan fingerprint density at radius 1 is 1.14 bits per heavy atom. The van der Waals surface area contributed by atoms with Gasteiger partial charge in [0, 0.05) is 6.54 Å². The molecule has 0 saturated heterocycles. The zero-order valence-electron chi connectivity index (χ0n) is 12.2. The molecule has 0 bridgehead atoms. The molecule has 0 fully saturated rings. The Hall–Kier alpha value is -2.57. The third-order valence-corrected chi connectivity index (χ3v) is 2.76. The van der Waals surface area contributed by atoms with Crippen LogP contribution in [-0.4, -0.2) is 35.2 Å². The Bertz CT molecular complexity index is 574. The molecule has 0 aliphatic carbocycles. The number of methoxy groups -OCH3 is 1. The lowest BCUT2D eigenvalue weighted by Gasteiger charge is -2.07. The van der Waals surface area contributed by atoms with Gasteiger partial charge in [0.15, 0.2) is 0 Å². The van der Waals surface area contributed by atoms with Crippen LogP contribution in [0.5, 0.6) is 11.8 Å². The summed E-state index contributed by atoms with van der Waals surface area (Å²) < 4.78 is 10.3. The van der Waals surface area contributed by atoms with Crippen LogP contribution in [0.4, 0.5) is 11.9 Å². The highest BCUT2D eigenvalue weighted by atomic mass is 16.5. The van der Waals surface area contributed by atoms with Crippen LogP contribution < -0.4 is 20.5 Å². The second-order valence-electron chi connectivity index (χ2n) is 4.26. The molecule has 0 saturated carbocycles. The van der Waals surface area contributed by atoms with Gasteiger partial charge in [-0.05, 0) is 31.0 Å². The molecule has 7 nitrogen and oxygen atoms in total. The summed E-state index contributed by atoms with van der Waals surface area (Å²) in [5.74, 6) is 1.40. The Morgan fingerprint density at radius 3 is 2.57 bits per heavy atom. The van der Waals surface area contributed by atoms with Crippen LogP contribution in [0.2, 0.25) is 0 Å². The van der Waals surface area contributed by atoms with Crippen molar-refractivity contribution in [1.29, 1.82) is 0 Å². The van der Waals surface area contributed by atoms with Gasteiger partial charge < -0.3 is 20.5 Å². The second-order valence-corrected chi connectivity index (χ2v) is 4.26. The van der Waals surface area contributed by atoms with Crippen LogP contribution in [0.15, 0.2) is 24.3 Å². The first kappa shape index (κ1) is 14.8. The van der Waals surface area contributed by atoms with Crippen molar-refractivity contribution in [3.63, 3.8) is 0 Å². The molecule has 0 spiro atoms. The predicted octanol–water partition coefficient (Wildman–Crippen LogP) is 1.52. The van der Waals surface area contributed by atoms with Crippen molar-refractivity contribution in [2.24, 2.45) is 0 Å². The highest BCUT2D eigenvalue weighted by Gasteiger charge is 2.04. The molecule has 2 rings (SSSR count). The molecule has 2 aromatic rings. The van der Waals surface area contributed by atoms with Crippen LogP contribution >= 0.6 is 0 Å². The van der Waals surface area contributed by atoms with Gasteiger partial charge in [-0.1, -0.05) is 12.1 Å². The van der Waals surface area contributed by atoms with Crippen molar-refractivity contribution in [1.82, 2.24) is 15.0 Å². The van der Waals surface area contributed by atoms with Gasteiger partial charge in [0.2, 0.25) is 11.9 Å². The van der Waals surface area contributed by atoms with Crippen molar-refractivity contribution < 1.29 is 9.47 Å². The zero-order chi connectivity index (χ0) is 15.1. The van der Waals surface area contributed by atoms with Crippen molar-refractivity contribution in [3.8, 4) is 11.8 Å². The maximum absolute atomic E-state index is 5.61. The summed E-state index contributed by atoms with van der Waals surface area (Å²) in [6.07, 6.45) is 0.833. The number of hydrogen-bond acceptors (Lipinski definition) is 7. The standard InChI is InChI=1S/C14H19N5O2/c1-3-21-14-18-12(15)17-13(19-14)16-9-8-10-4-6-11(20-2)7-5-10/h4-7H,3,8-9H2,1-2H3,(H3,15,16,17,18,19). The van der Waals surface area contributed by atoms with E-state index in [2.05, 4.69) is 20.3 Å². The summed E-state index contributed by atoms with van der Waals surface area (Å²) in [4.78, 5) is 12.0. The van der Waals surface area contributed by atoms with Gasteiger partial charge in [-0.25, -0.2) is 0 Å². The van der Waals surface area contributed by atoms with Gasteiger partial charge in [0.1, 0.15) is 5.75 Å². The van der Waals surface area contributed by atoms with Gasteiger partial charge in [-0.3, -0.25) is 0 Å². The number of nitrogen functional groups attached to an aromatic ring is 1. The largest absolute Gasteiger partial charge is 0.497 e. The lowest BCUT2D eigenvalue weighted by Crippen LogP contribution is -2.11. The molecule has 1 aromatic heterocycles. The summed E-state index contributed by atoms with van der Waals surface area (Å²) in [7, 11) is 1.65. The number of anilines is 2. The maximum Gasteiger partial charge on any atom is 0.323 e. The molecule has 0 atom stereocenters. The number of nitrogens with zero attached hydrogens (tertiary/aromatic N) is 3. The number of ether oxygens (including phenoxy) is 2. The van der Waals surface area contributed by atoms with Gasteiger partial charge >= 0.3 is 6.01 Å². The van der Waals surface area contributed by atoms with E-state index in [0.29, 0.717) is 19.1 Å². The summed E-state index contributed by atoms with van der Waals surface area (Å²) in [6.45, 7) is 3.02. The molecule has 3 N–H and O–H groups in total. The van der Waals surface area contributed by atoms with Gasteiger partial charge in [0.05, 0.1) is 13.7 Å². The highest BCUT2D eigenvalue weighted by molar-refractivity contribution is 5.33. The average Bonchev–Trinajstić information content (AvgIpc) is 2.48. The van der Waals surface area contributed by atoms with Crippen LogP contribution in [0.25, 0.3) is 0 Å². The van der Waals surface area contributed by atoms with E-state index in [0.717, 1.165) is 12.2 Å². The van der Waals surface area contributed by atoms with Crippen molar-refractivity contribution in [3.05, 3.63) is 29.8 Å². The minimum Gasteiger partial charge on any atom is -0.497 e. The van der Waals surface area contributed by atoms with E-state index < -0.39 is 0 Å². The van der Waals surface area contributed by atoms with E-state index in [9.17, 15) is 0 Å². The van der Waals surface area contributed by atoms with Gasteiger partial charge in [-0.15, -0.1) is 0 Å². The molecule has 0 aliphatic heterocycles. The smallest absolute Gasteiger partial charge is 0.323 e. The molecule has 0 radical (unpaired) electrons. The first-order valence-electron chi connectivity index (χ1n) is 6.72. The SMILES string of the molecule is CCOc1nc(N)nc(NCCc2ccc(OC)cc2)n1. The van der Waals surface area contributed by atoms with Crippen LogP contribution in [-0.2, 0) is 6.42 Å². The average molecular weight is 289 g/mol. The topological polar surface area (TPSA) is 95.2 Å². The molecule has 0 amide bonds. The fourth-order valence-corrected chi connectivity index (χ4v) is 1.76. The lowest BCUT2D eigenvalue weighted by atomic mass is 10.1. The number of nitrogens with two attached hydrogens (primary N) is 1. The molecule has 7 heteroatoms. The molecule has 21 heavy (non-hydrogen) atoms. The fourth-order valence-electron chi connectivity index (χ4n) is 1.76. The summed E-state index contributed by atoms with van der Waals surface area (Å²) in [5, 5.41) is 3.11. The zero-order valence-corrected chi connectivity index (χ0v) is 12.2. The minimum atomic E-state index is 0.139. The third-order valence-electron chi connectivity index (χ3n) is 2.76. The van der Waals surface area contributed by atoms with Crippen molar-refractivity contribution in [2.45, 2.75) is 13.3 Å². The second kappa shape index (κ2) is 7.28. The molecule has 0 unspecified atom stereocenters. The van der Waals surface area contributed by atoms with E-state index in [1.165, 1.54) is 5.56 Å². The molecule has 1 aromatic carbocycles. The lowest BCUT2D eigenvalue weighted by molar-refractivity contribution is 0.312. The number of benzene rings is 1. The minimum absolute atomic E-state index is 0.139. The highest BCUT2D eigenvalue weighted by Crippen LogP contribution is 2.12. The van der Waals surface area contributed by atoms with E-state index in [4.69, 9.17) is 15.2 Å². The number of rotatable bonds is 7. The Kier molecular flexibility index (Phi) is 5.14. The van der Waals surface area contributed by atoms with Crippen molar-refractivity contribution >= 4 is 11.9 Å². The van der Waals surface area contributed by atoms with E-state index >= 15 is 0 Å². The molecular formula is C14H19N5O2. The molecule has 112 valence electrons. The maximum atomic E-state index is 5.61. The number of aromatic nitrogens is 3. The predicted molar refractivity (Wildman–Crippen MR) is 80.6 cm³/mol. The molecule has 0 aliphatic rings. The number of hydrogen-bond donors (Lipinski definition) is 2. The Balaban J connectivity index is 1.90. The summed E-state index contributed by atoms with van der Waals surface area (Å²) in [6, 6.07) is 8.14. The first-order chi connectivity index (χ1) is 10.2. The van der Waals surface area contributed by atoms with E-state index in [1.54, 1.807) is 7.11 Å². The third kappa shape index (κ3) is 4.48. The Morgan fingerprint density at radius 2 is 1.90 bits per heavy atom. The fraction of sp³-hybridized carbons (Fsp3) is 0.357. The van der Waals surface area contributed by atoms with Crippen molar-refractivity contribution in [2.75, 3.05) is 31.3 Å². The van der Waals surface area contributed by atoms with Crippen LogP contribution in [0, 0.1) is 0 Å². The Labute approximate surface area is 123 Å². The van der Waals surface area contributed by atoms with Gasteiger partial charge in [0.25, 0.3) is 0 Å². The monoisotopic (exact) mass is 289 g/mol. The normalized spacial score (nSPS) is 10.2. The number of nitrogens with one attached hydrogen (secondary N) is 1. The van der Waals surface area contributed by atoms with Crippen LogP contribution in [0.1, 0.15) is 12.5 Å². The van der Waals surface area contributed by atoms with Crippen LogP contribution in [0.3, 0.4) is 0 Å². The first-order valence-corrected chi connectivity index (χ1v) is 6.72. The summed E-state index contributed by atoms with van der Waals surface area (Å²) >= 11 is 0. The van der Waals surface area contributed by atoms with Gasteiger partial charge in [-0.2, -0.15) is 15.0 Å². The van der Waals surface area contributed by atoms with E-state index in [-0.39, 0.29) is 12.0 Å². The molecular weight excluding hydrogens is 270 g/mol. The molecule has 1 heterocycles. The van der Waals surface area contributed by atoms with E-state index in [1.807, 2.05) is 31.2 Å². The quantitative estimate of drug-likeness (QED) is 0.797. The summed E-state index contributed by atoms with van der Waals surface area (Å²) in [5.41, 5.74) is 6.80.